The lowest BCUT2D eigenvalue weighted by Gasteiger charge is -2.16. The van der Waals surface area contributed by atoms with Crippen molar-refractivity contribution in [1.82, 2.24) is 19.5 Å². The molecule has 1 aliphatic heterocycles. The van der Waals surface area contributed by atoms with E-state index in [0.717, 1.165) is 6.42 Å². The van der Waals surface area contributed by atoms with E-state index in [4.69, 9.17) is 9.47 Å². The van der Waals surface area contributed by atoms with Crippen molar-refractivity contribution in [2.75, 3.05) is 25.1 Å². The molecule has 0 aliphatic carbocycles. The van der Waals surface area contributed by atoms with Crippen molar-refractivity contribution in [1.29, 1.82) is 0 Å². The van der Waals surface area contributed by atoms with Gasteiger partial charge in [-0.15, -0.1) is 0 Å². The maximum atomic E-state index is 10.9. The lowest BCUT2D eigenvalue weighted by atomic mass is 10.1. The Morgan fingerprint density at radius 1 is 1.36 bits per heavy atom. The average molecular weight is 395 g/mol. The highest BCUT2D eigenvalue weighted by atomic mass is 16.6. The number of aliphatic hydroxyl groups is 3. The van der Waals surface area contributed by atoms with Gasteiger partial charge in [-0.25, -0.2) is 15.0 Å². The molecular weight excluding hydrogens is 370 g/mol. The summed E-state index contributed by atoms with van der Waals surface area (Å²) in [6.45, 7) is 3.91. The maximum Gasteiger partial charge on any atom is 0.302 e. The predicted molar refractivity (Wildman–Crippen MR) is 97.2 cm³/mol. The zero-order valence-electron chi connectivity index (χ0n) is 15.7. The second-order valence-electron chi connectivity index (χ2n) is 6.90. The summed E-state index contributed by atoms with van der Waals surface area (Å²) < 4.78 is 12.0. The van der Waals surface area contributed by atoms with E-state index in [1.165, 1.54) is 24.1 Å². The fraction of sp³-hybridized carbons (Fsp3) is 0.647. The Hall–Kier alpha value is -2.34. The summed E-state index contributed by atoms with van der Waals surface area (Å²) in [6.07, 6.45) is -0.637. The van der Waals surface area contributed by atoms with Crippen LogP contribution >= 0.6 is 0 Å². The van der Waals surface area contributed by atoms with E-state index in [-0.39, 0.29) is 11.9 Å². The number of aromatic nitrogens is 4. The quantitative estimate of drug-likeness (QED) is 0.428. The number of carbonyl (C=O) groups excluding carboxylic acids is 1. The van der Waals surface area contributed by atoms with Gasteiger partial charge in [0, 0.05) is 13.5 Å². The first-order chi connectivity index (χ1) is 13.4. The Bertz CT molecular complexity index is 814. The third-order valence-electron chi connectivity index (χ3n) is 4.65. The van der Waals surface area contributed by atoms with Gasteiger partial charge in [-0.3, -0.25) is 9.36 Å². The van der Waals surface area contributed by atoms with Crippen LogP contribution in [0.5, 0.6) is 0 Å². The van der Waals surface area contributed by atoms with Gasteiger partial charge in [0.05, 0.1) is 19.5 Å². The Kier molecular flexibility index (Phi) is 6.39. The summed E-state index contributed by atoms with van der Waals surface area (Å²) in [6, 6.07) is 0. The number of ether oxygens (including phenoxy) is 2. The van der Waals surface area contributed by atoms with E-state index in [1.54, 1.807) is 0 Å². The van der Waals surface area contributed by atoms with Gasteiger partial charge in [0.15, 0.2) is 23.2 Å². The van der Waals surface area contributed by atoms with Crippen molar-refractivity contribution in [3.63, 3.8) is 0 Å². The number of fused-ring (bicyclic) bond motifs is 1. The molecule has 2 aromatic rings. The number of esters is 1. The third kappa shape index (κ3) is 4.22. The van der Waals surface area contributed by atoms with Crippen molar-refractivity contribution in [2.24, 2.45) is 5.92 Å². The number of rotatable bonds is 8. The molecule has 11 heteroatoms. The number of carbonyl (C=O) groups is 1. The SMILES string of the molecule is CC(=O)OCC(C)CCNc1ncnc2c1ncn2[C@@H]1O[C@H](CO)[C@@H](O)[C@H]1O. The Labute approximate surface area is 161 Å². The highest BCUT2D eigenvalue weighted by molar-refractivity contribution is 5.82. The molecule has 1 saturated heterocycles. The smallest absolute Gasteiger partial charge is 0.302 e. The summed E-state index contributed by atoms with van der Waals surface area (Å²) in [5, 5.41) is 32.6. The van der Waals surface area contributed by atoms with Crippen LogP contribution in [0.15, 0.2) is 12.7 Å². The van der Waals surface area contributed by atoms with Crippen LogP contribution in [0.25, 0.3) is 11.2 Å². The number of nitrogens with zero attached hydrogens (tertiary/aromatic N) is 4. The molecule has 154 valence electrons. The van der Waals surface area contributed by atoms with Crippen LogP contribution in [-0.2, 0) is 14.3 Å². The molecule has 11 nitrogen and oxygen atoms in total. The van der Waals surface area contributed by atoms with Crippen LogP contribution in [-0.4, -0.2) is 78.9 Å². The number of imidazole rings is 1. The van der Waals surface area contributed by atoms with Gasteiger partial charge in [-0.1, -0.05) is 6.92 Å². The zero-order valence-corrected chi connectivity index (χ0v) is 15.7. The summed E-state index contributed by atoms with van der Waals surface area (Å²) in [5.74, 6) is 0.410. The molecular formula is C17H25N5O6. The first-order valence-corrected chi connectivity index (χ1v) is 9.09. The molecule has 3 heterocycles. The lowest BCUT2D eigenvalue weighted by molar-refractivity contribution is -0.142. The normalized spacial score (nSPS) is 25.8. The highest BCUT2D eigenvalue weighted by Crippen LogP contribution is 2.32. The van der Waals surface area contributed by atoms with E-state index in [1.807, 2.05) is 6.92 Å². The van der Waals surface area contributed by atoms with E-state index in [2.05, 4.69) is 20.3 Å². The van der Waals surface area contributed by atoms with Gasteiger partial charge in [-0.2, -0.15) is 0 Å². The van der Waals surface area contributed by atoms with Crippen LogP contribution in [0, 0.1) is 5.92 Å². The first kappa shape index (κ1) is 20.4. The Morgan fingerprint density at radius 2 is 2.14 bits per heavy atom. The lowest BCUT2D eigenvalue weighted by Crippen LogP contribution is -2.33. The van der Waals surface area contributed by atoms with Crippen molar-refractivity contribution < 1.29 is 29.6 Å². The molecule has 0 spiro atoms. The molecule has 28 heavy (non-hydrogen) atoms. The maximum absolute atomic E-state index is 10.9. The van der Waals surface area contributed by atoms with Crippen LogP contribution in [0.3, 0.4) is 0 Å². The van der Waals surface area contributed by atoms with Crippen LogP contribution < -0.4 is 5.32 Å². The van der Waals surface area contributed by atoms with Gasteiger partial charge < -0.3 is 30.1 Å². The zero-order chi connectivity index (χ0) is 20.3. The minimum atomic E-state index is -1.22. The molecule has 5 atom stereocenters. The molecule has 1 fully saturated rings. The molecule has 3 rings (SSSR count). The molecule has 0 saturated carbocycles. The second-order valence-corrected chi connectivity index (χ2v) is 6.90. The van der Waals surface area contributed by atoms with E-state index in [9.17, 15) is 20.1 Å². The summed E-state index contributed by atoms with van der Waals surface area (Å²) in [5.41, 5.74) is 0.924. The molecule has 0 aromatic carbocycles. The number of nitrogens with one attached hydrogen (secondary N) is 1. The van der Waals surface area contributed by atoms with Crippen LogP contribution in [0.4, 0.5) is 5.82 Å². The van der Waals surface area contributed by atoms with E-state index in [0.29, 0.717) is 30.1 Å². The van der Waals surface area contributed by atoms with E-state index < -0.39 is 31.1 Å². The average Bonchev–Trinajstić information content (AvgIpc) is 3.22. The van der Waals surface area contributed by atoms with Crippen LogP contribution in [0.1, 0.15) is 26.5 Å². The van der Waals surface area contributed by atoms with Gasteiger partial charge in [0.2, 0.25) is 0 Å². The van der Waals surface area contributed by atoms with Gasteiger partial charge in [-0.05, 0) is 12.3 Å². The molecule has 1 aliphatic rings. The molecule has 1 unspecified atom stereocenters. The largest absolute Gasteiger partial charge is 0.466 e. The van der Waals surface area contributed by atoms with Crippen molar-refractivity contribution >= 4 is 23.0 Å². The third-order valence-corrected chi connectivity index (χ3v) is 4.65. The predicted octanol–water partition coefficient (Wildman–Crippen LogP) is -0.561. The minimum absolute atomic E-state index is 0.185. The Balaban J connectivity index is 1.69. The summed E-state index contributed by atoms with van der Waals surface area (Å²) in [4.78, 5) is 23.6. The van der Waals surface area contributed by atoms with Gasteiger partial charge in [0.1, 0.15) is 24.6 Å². The first-order valence-electron chi connectivity index (χ1n) is 9.09. The molecule has 0 bridgehead atoms. The van der Waals surface area contributed by atoms with Crippen molar-refractivity contribution in [3.8, 4) is 0 Å². The number of hydrogen-bond acceptors (Lipinski definition) is 10. The number of anilines is 1. The standard InChI is InChI=1S/C17H25N5O6/c1-9(6-27-10(2)24)3-4-18-15-12-16(20-7-19-15)22(8-21-12)17-14(26)13(25)11(5-23)28-17/h7-9,11,13-14,17,23,25-26H,3-6H2,1-2H3,(H,18,19,20)/t9?,11-,13-,14-,17-/m1/s1. The fourth-order valence-electron chi connectivity index (χ4n) is 3.06. The fourth-order valence-corrected chi connectivity index (χ4v) is 3.06. The Morgan fingerprint density at radius 3 is 2.82 bits per heavy atom. The second kappa shape index (κ2) is 8.78. The minimum Gasteiger partial charge on any atom is -0.466 e. The number of aliphatic hydroxyl groups excluding tert-OH is 3. The van der Waals surface area contributed by atoms with Crippen molar-refractivity contribution in [3.05, 3.63) is 12.7 Å². The monoisotopic (exact) mass is 395 g/mol. The summed E-state index contributed by atoms with van der Waals surface area (Å²) in [7, 11) is 0. The molecule has 0 amide bonds. The summed E-state index contributed by atoms with van der Waals surface area (Å²) >= 11 is 0. The highest BCUT2D eigenvalue weighted by Gasteiger charge is 2.44. The topological polar surface area (TPSA) is 152 Å². The molecule has 4 N–H and O–H groups in total. The van der Waals surface area contributed by atoms with E-state index >= 15 is 0 Å². The number of hydrogen-bond donors (Lipinski definition) is 4. The van der Waals surface area contributed by atoms with Crippen LogP contribution in [0.2, 0.25) is 0 Å². The van der Waals surface area contributed by atoms with Crippen molar-refractivity contribution in [2.45, 2.75) is 44.8 Å². The van der Waals surface area contributed by atoms with Gasteiger partial charge >= 0.3 is 5.97 Å². The van der Waals surface area contributed by atoms with Gasteiger partial charge in [0.25, 0.3) is 0 Å². The molecule has 0 radical (unpaired) electrons. The molecule has 2 aromatic heterocycles.